The minimum atomic E-state index is -0.227. The summed E-state index contributed by atoms with van der Waals surface area (Å²) >= 11 is 3.23. The molecule has 0 saturated heterocycles. The van der Waals surface area contributed by atoms with Crippen molar-refractivity contribution < 1.29 is 4.39 Å². The maximum atomic E-state index is 13.4. The Balaban J connectivity index is 1.81. The van der Waals surface area contributed by atoms with E-state index in [1.165, 1.54) is 16.8 Å². The van der Waals surface area contributed by atoms with Gasteiger partial charge in [0.15, 0.2) is 0 Å². The van der Waals surface area contributed by atoms with Gasteiger partial charge in [0.2, 0.25) is 0 Å². The molecule has 2 aromatic carbocycles. The average Bonchev–Trinajstić information content (AvgIpc) is 2.90. The average molecular weight is 335 g/mol. The number of nitrogens with one attached hydrogen (secondary N) is 2. The van der Waals surface area contributed by atoms with E-state index in [1.807, 2.05) is 6.92 Å². The van der Waals surface area contributed by atoms with Crippen molar-refractivity contribution >= 4 is 27.3 Å². The predicted molar refractivity (Wildman–Crippen MR) is 84.8 cm³/mol. The third-order valence-corrected chi connectivity index (χ3v) is 4.28. The van der Waals surface area contributed by atoms with E-state index in [0.717, 1.165) is 30.8 Å². The molecule has 0 unspecified atom stereocenters. The standard InChI is InChI=1S/C16H16BrFN2/c1-10-7-14(18)13(17)8-15(10)20-9-12-4-2-3-11-5-6-19-16(11)12/h2-4,7-8,19-20H,5-6,9H2,1H3. The third-order valence-electron chi connectivity index (χ3n) is 3.67. The second-order valence-corrected chi connectivity index (χ2v) is 5.92. The van der Waals surface area contributed by atoms with E-state index in [0.29, 0.717) is 4.47 Å². The fourth-order valence-corrected chi connectivity index (χ4v) is 2.93. The Morgan fingerprint density at radius 2 is 2.20 bits per heavy atom. The normalized spacial score (nSPS) is 12.9. The van der Waals surface area contributed by atoms with Gasteiger partial charge in [0.25, 0.3) is 0 Å². The number of hydrogen-bond acceptors (Lipinski definition) is 2. The lowest BCUT2D eigenvalue weighted by molar-refractivity contribution is 0.620. The van der Waals surface area contributed by atoms with Crippen LogP contribution in [0.2, 0.25) is 0 Å². The van der Waals surface area contributed by atoms with E-state index in [9.17, 15) is 4.39 Å². The van der Waals surface area contributed by atoms with Crippen LogP contribution in [0, 0.1) is 12.7 Å². The highest BCUT2D eigenvalue weighted by Gasteiger charge is 2.13. The monoisotopic (exact) mass is 334 g/mol. The summed E-state index contributed by atoms with van der Waals surface area (Å²) in [4.78, 5) is 0. The molecule has 0 spiro atoms. The molecule has 0 amide bonds. The summed E-state index contributed by atoms with van der Waals surface area (Å²) in [5, 5.41) is 6.82. The number of halogens is 2. The van der Waals surface area contributed by atoms with E-state index in [4.69, 9.17) is 0 Å². The topological polar surface area (TPSA) is 24.1 Å². The zero-order chi connectivity index (χ0) is 14.1. The smallest absolute Gasteiger partial charge is 0.137 e. The Kier molecular flexibility index (Phi) is 3.66. The van der Waals surface area contributed by atoms with Gasteiger partial charge in [-0.25, -0.2) is 4.39 Å². The second kappa shape index (κ2) is 5.44. The van der Waals surface area contributed by atoms with Crippen LogP contribution in [0.3, 0.4) is 0 Å². The molecule has 0 aromatic heterocycles. The Labute approximate surface area is 126 Å². The number of fused-ring (bicyclic) bond motifs is 1. The van der Waals surface area contributed by atoms with Crippen molar-refractivity contribution in [3.8, 4) is 0 Å². The van der Waals surface area contributed by atoms with Gasteiger partial charge in [0, 0.05) is 24.5 Å². The second-order valence-electron chi connectivity index (χ2n) is 5.06. The molecule has 0 radical (unpaired) electrons. The van der Waals surface area contributed by atoms with E-state index < -0.39 is 0 Å². The van der Waals surface area contributed by atoms with Crippen molar-refractivity contribution in [2.75, 3.05) is 17.2 Å². The Morgan fingerprint density at radius 3 is 3.05 bits per heavy atom. The lowest BCUT2D eigenvalue weighted by atomic mass is 10.1. The van der Waals surface area contributed by atoms with E-state index >= 15 is 0 Å². The number of para-hydroxylation sites is 1. The van der Waals surface area contributed by atoms with Crippen molar-refractivity contribution in [1.29, 1.82) is 0 Å². The minimum Gasteiger partial charge on any atom is -0.384 e. The van der Waals surface area contributed by atoms with Gasteiger partial charge in [0.1, 0.15) is 5.82 Å². The molecule has 2 aromatic rings. The molecule has 2 N–H and O–H groups in total. The molecule has 3 rings (SSSR count). The maximum absolute atomic E-state index is 13.4. The molecular formula is C16H16BrFN2. The summed E-state index contributed by atoms with van der Waals surface area (Å²) in [5.74, 6) is -0.227. The number of rotatable bonds is 3. The van der Waals surface area contributed by atoms with Crippen LogP contribution < -0.4 is 10.6 Å². The van der Waals surface area contributed by atoms with Crippen LogP contribution in [0.15, 0.2) is 34.8 Å². The molecule has 1 aliphatic heterocycles. The molecule has 0 saturated carbocycles. The Morgan fingerprint density at radius 1 is 1.35 bits per heavy atom. The predicted octanol–water partition coefficient (Wildman–Crippen LogP) is 4.48. The van der Waals surface area contributed by atoms with Crippen LogP contribution in [0.25, 0.3) is 0 Å². The zero-order valence-electron chi connectivity index (χ0n) is 11.3. The van der Waals surface area contributed by atoms with Crippen LogP contribution >= 0.6 is 15.9 Å². The van der Waals surface area contributed by atoms with Crippen LogP contribution in [0.4, 0.5) is 15.8 Å². The summed E-state index contributed by atoms with van der Waals surface area (Å²) in [6, 6.07) is 9.72. The van der Waals surface area contributed by atoms with Crippen LogP contribution in [0.5, 0.6) is 0 Å². The van der Waals surface area contributed by atoms with Crippen molar-refractivity contribution in [3.63, 3.8) is 0 Å². The van der Waals surface area contributed by atoms with E-state index in [1.54, 1.807) is 12.1 Å². The quantitative estimate of drug-likeness (QED) is 0.864. The highest BCUT2D eigenvalue weighted by molar-refractivity contribution is 9.10. The Hall–Kier alpha value is -1.55. The molecule has 1 heterocycles. The highest BCUT2D eigenvalue weighted by atomic mass is 79.9. The van der Waals surface area contributed by atoms with Gasteiger partial charge >= 0.3 is 0 Å². The first-order chi connectivity index (χ1) is 9.65. The highest BCUT2D eigenvalue weighted by Crippen LogP contribution is 2.28. The lowest BCUT2D eigenvalue weighted by Crippen LogP contribution is -2.04. The molecule has 4 heteroatoms. The molecule has 0 fully saturated rings. The van der Waals surface area contributed by atoms with Gasteiger partial charge < -0.3 is 10.6 Å². The van der Waals surface area contributed by atoms with Crippen molar-refractivity contribution in [3.05, 3.63) is 57.3 Å². The molecular weight excluding hydrogens is 319 g/mol. The van der Waals surface area contributed by atoms with Gasteiger partial charge in [-0.3, -0.25) is 0 Å². The summed E-state index contributed by atoms with van der Waals surface area (Å²) in [7, 11) is 0. The van der Waals surface area contributed by atoms with Crippen LogP contribution in [-0.2, 0) is 13.0 Å². The van der Waals surface area contributed by atoms with Gasteiger partial charge in [0.05, 0.1) is 4.47 Å². The summed E-state index contributed by atoms with van der Waals surface area (Å²) < 4.78 is 13.9. The lowest BCUT2D eigenvalue weighted by Gasteiger charge is -2.13. The van der Waals surface area contributed by atoms with Crippen molar-refractivity contribution in [1.82, 2.24) is 0 Å². The Bertz CT molecular complexity index is 655. The molecule has 1 aliphatic rings. The molecule has 0 aliphatic carbocycles. The molecule has 0 atom stereocenters. The van der Waals surface area contributed by atoms with Crippen LogP contribution in [0.1, 0.15) is 16.7 Å². The van der Waals surface area contributed by atoms with Gasteiger partial charge in [-0.1, -0.05) is 18.2 Å². The zero-order valence-corrected chi connectivity index (χ0v) is 12.8. The maximum Gasteiger partial charge on any atom is 0.137 e. The number of anilines is 2. The van der Waals surface area contributed by atoms with Gasteiger partial charge in [-0.15, -0.1) is 0 Å². The number of benzene rings is 2. The summed E-state index contributed by atoms with van der Waals surface area (Å²) in [6.07, 6.45) is 1.09. The largest absolute Gasteiger partial charge is 0.384 e. The third kappa shape index (κ3) is 2.52. The van der Waals surface area contributed by atoms with Crippen molar-refractivity contribution in [2.24, 2.45) is 0 Å². The molecule has 0 bridgehead atoms. The molecule has 20 heavy (non-hydrogen) atoms. The van der Waals surface area contributed by atoms with E-state index in [2.05, 4.69) is 44.8 Å². The van der Waals surface area contributed by atoms with Crippen molar-refractivity contribution in [2.45, 2.75) is 19.9 Å². The first kappa shape index (κ1) is 13.4. The summed E-state index contributed by atoms with van der Waals surface area (Å²) in [5.41, 5.74) is 5.74. The number of hydrogen-bond donors (Lipinski definition) is 2. The fraction of sp³-hybridized carbons (Fsp3) is 0.250. The summed E-state index contributed by atoms with van der Waals surface area (Å²) in [6.45, 7) is 3.65. The van der Waals surface area contributed by atoms with Gasteiger partial charge in [-0.2, -0.15) is 0 Å². The molecule has 104 valence electrons. The SMILES string of the molecule is Cc1cc(F)c(Br)cc1NCc1cccc2c1NCC2. The first-order valence-electron chi connectivity index (χ1n) is 6.69. The molecule has 2 nitrogen and oxygen atoms in total. The van der Waals surface area contributed by atoms with Crippen LogP contribution in [-0.4, -0.2) is 6.54 Å². The van der Waals surface area contributed by atoms with Gasteiger partial charge in [-0.05, 0) is 58.1 Å². The first-order valence-corrected chi connectivity index (χ1v) is 7.48. The fourth-order valence-electron chi connectivity index (χ4n) is 2.59. The number of aryl methyl sites for hydroxylation is 1. The minimum absolute atomic E-state index is 0.227. The van der Waals surface area contributed by atoms with E-state index in [-0.39, 0.29) is 5.82 Å².